The van der Waals surface area contributed by atoms with Crippen LogP contribution in [-0.4, -0.2) is 51.0 Å². The van der Waals surface area contributed by atoms with Gasteiger partial charge in [0.2, 0.25) is 0 Å². The van der Waals surface area contributed by atoms with E-state index in [-0.39, 0.29) is 11.4 Å². The van der Waals surface area contributed by atoms with Crippen molar-refractivity contribution in [2.75, 3.05) is 6.26 Å². The molecular weight excluding hydrogens is 322 g/mol. The summed E-state index contributed by atoms with van der Waals surface area (Å²) in [6.07, 6.45) is 6.14. The van der Waals surface area contributed by atoms with Crippen molar-refractivity contribution < 1.29 is 18.3 Å². The molecule has 2 aromatic heterocycles. The molecule has 10 heteroatoms. The van der Waals surface area contributed by atoms with Gasteiger partial charge in [-0.1, -0.05) is 0 Å². The highest BCUT2D eigenvalue weighted by atomic mass is 32.2. The van der Waals surface area contributed by atoms with Crippen molar-refractivity contribution in [1.29, 1.82) is 0 Å². The molecule has 1 aromatic carbocycles. The molecule has 120 valence electrons. The van der Waals surface area contributed by atoms with E-state index in [4.69, 9.17) is 9.90 Å². The third kappa shape index (κ3) is 4.01. The van der Waals surface area contributed by atoms with Gasteiger partial charge in [-0.3, -0.25) is 14.5 Å². The van der Waals surface area contributed by atoms with Gasteiger partial charge in [0.1, 0.15) is 6.33 Å². The summed E-state index contributed by atoms with van der Waals surface area (Å²) >= 11 is 0. The van der Waals surface area contributed by atoms with Gasteiger partial charge in [0, 0.05) is 24.2 Å². The van der Waals surface area contributed by atoms with Gasteiger partial charge in [-0.15, -0.1) is 5.10 Å². The van der Waals surface area contributed by atoms with Gasteiger partial charge < -0.3 is 5.11 Å². The zero-order valence-electron chi connectivity index (χ0n) is 12.0. The first-order valence-corrected chi connectivity index (χ1v) is 8.14. The van der Waals surface area contributed by atoms with E-state index in [9.17, 15) is 8.42 Å². The SMILES string of the molecule is CS(=O)(=O)c1ccc(-c2nc(-n3ccnc3)n[nH]2)cc1.O=CO. The zero-order valence-corrected chi connectivity index (χ0v) is 12.8. The Morgan fingerprint density at radius 2 is 1.91 bits per heavy atom. The summed E-state index contributed by atoms with van der Waals surface area (Å²) in [5.74, 6) is 1.04. The van der Waals surface area contributed by atoms with E-state index in [1.807, 2.05) is 0 Å². The Morgan fingerprint density at radius 3 is 2.43 bits per heavy atom. The predicted molar refractivity (Wildman–Crippen MR) is 80.7 cm³/mol. The molecule has 0 atom stereocenters. The summed E-state index contributed by atoms with van der Waals surface area (Å²) < 4.78 is 24.5. The van der Waals surface area contributed by atoms with E-state index in [0.29, 0.717) is 11.8 Å². The zero-order chi connectivity index (χ0) is 16.9. The molecule has 0 saturated heterocycles. The number of aromatic amines is 1. The maximum atomic E-state index is 11.4. The fourth-order valence-electron chi connectivity index (χ4n) is 1.73. The summed E-state index contributed by atoms with van der Waals surface area (Å²) in [7, 11) is -3.19. The normalized spacial score (nSPS) is 10.7. The molecule has 0 bridgehead atoms. The number of carbonyl (C=O) groups is 1. The molecule has 0 spiro atoms. The average Bonchev–Trinajstić information content (AvgIpc) is 3.19. The molecule has 0 aliphatic heterocycles. The van der Waals surface area contributed by atoms with Gasteiger partial charge in [-0.25, -0.2) is 13.4 Å². The fourth-order valence-corrected chi connectivity index (χ4v) is 2.37. The maximum Gasteiger partial charge on any atom is 0.290 e. The number of carboxylic acid groups (broad SMARTS) is 1. The number of rotatable bonds is 3. The van der Waals surface area contributed by atoms with Crippen LogP contribution in [0.25, 0.3) is 17.3 Å². The van der Waals surface area contributed by atoms with E-state index >= 15 is 0 Å². The monoisotopic (exact) mass is 335 g/mol. The van der Waals surface area contributed by atoms with Crippen molar-refractivity contribution in [3.05, 3.63) is 43.0 Å². The number of imidazole rings is 1. The van der Waals surface area contributed by atoms with Crippen LogP contribution in [-0.2, 0) is 14.6 Å². The lowest BCUT2D eigenvalue weighted by Gasteiger charge is -1.99. The number of benzene rings is 1. The van der Waals surface area contributed by atoms with Crippen LogP contribution in [0.15, 0.2) is 47.9 Å². The van der Waals surface area contributed by atoms with Gasteiger partial charge in [0.25, 0.3) is 12.4 Å². The number of hydrogen-bond donors (Lipinski definition) is 2. The lowest BCUT2D eigenvalue weighted by atomic mass is 10.2. The Morgan fingerprint density at radius 1 is 1.26 bits per heavy atom. The third-order valence-corrected chi connectivity index (χ3v) is 3.89. The molecule has 0 radical (unpaired) electrons. The number of aromatic nitrogens is 5. The van der Waals surface area contributed by atoms with E-state index in [1.165, 1.54) is 6.26 Å². The van der Waals surface area contributed by atoms with Crippen molar-refractivity contribution in [3.8, 4) is 17.3 Å². The van der Waals surface area contributed by atoms with Crippen molar-refractivity contribution >= 4 is 16.3 Å². The predicted octanol–water partition coefficient (Wildman–Crippen LogP) is 0.762. The summed E-state index contributed by atoms with van der Waals surface area (Å²) in [4.78, 5) is 16.9. The van der Waals surface area contributed by atoms with Crippen LogP contribution in [0.5, 0.6) is 0 Å². The number of H-pyrrole nitrogens is 1. The Bertz CT molecular complexity index is 869. The summed E-state index contributed by atoms with van der Waals surface area (Å²) in [5.41, 5.74) is 0.760. The van der Waals surface area contributed by atoms with Gasteiger partial charge in [-0.2, -0.15) is 4.98 Å². The van der Waals surface area contributed by atoms with Crippen LogP contribution in [0.3, 0.4) is 0 Å². The maximum absolute atomic E-state index is 11.4. The standard InChI is InChI=1S/C12H11N5O2S.CH2O2/c1-20(18,19)10-4-2-9(3-5-10)11-14-12(16-15-11)17-7-6-13-8-17;2-1-3/h2-8H,1H3,(H,14,15,16);1H,(H,2,3). The van der Waals surface area contributed by atoms with Crippen LogP contribution in [0.4, 0.5) is 0 Å². The quantitative estimate of drug-likeness (QED) is 0.675. The summed E-state index contributed by atoms with van der Waals surface area (Å²) in [5, 5.41) is 13.8. The second-order valence-corrected chi connectivity index (χ2v) is 6.37. The van der Waals surface area contributed by atoms with Crippen molar-refractivity contribution in [2.24, 2.45) is 0 Å². The van der Waals surface area contributed by atoms with Crippen LogP contribution in [0.2, 0.25) is 0 Å². The second kappa shape index (κ2) is 6.83. The third-order valence-electron chi connectivity index (χ3n) is 2.76. The topological polar surface area (TPSA) is 131 Å². The number of sulfone groups is 1. The minimum Gasteiger partial charge on any atom is -0.483 e. The number of hydrogen-bond acceptors (Lipinski definition) is 6. The smallest absolute Gasteiger partial charge is 0.290 e. The lowest BCUT2D eigenvalue weighted by Crippen LogP contribution is -1.96. The number of nitrogens with zero attached hydrogens (tertiary/aromatic N) is 4. The molecular formula is C13H13N5O4S. The molecule has 3 rings (SSSR count). The first-order valence-electron chi connectivity index (χ1n) is 6.25. The van der Waals surface area contributed by atoms with E-state index in [1.54, 1.807) is 47.6 Å². The molecule has 0 amide bonds. The lowest BCUT2D eigenvalue weighted by molar-refractivity contribution is -0.122. The van der Waals surface area contributed by atoms with E-state index in [0.717, 1.165) is 5.56 Å². The van der Waals surface area contributed by atoms with E-state index < -0.39 is 9.84 Å². The molecule has 0 aliphatic rings. The Kier molecular flexibility index (Phi) is 4.86. The Labute approximate surface area is 131 Å². The molecule has 23 heavy (non-hydrogen) atoms. The van der Waals surface area contributed by atoms with Crippen molar-refractivity contribution in [3.63, 3.8) is 0 Å². The minimum absolute atomic E-state index is 0.250. The molecule has 2 N–H and O–H groups in total. The second-order valence-electron chi connectivity index (χ2n) is 4.36. The Hall–Kier alpha value is -3.01. The fraction of sp³-hybridized carbons (Fsp3) is 0.0769. The van der Waals surface area contributed by atoms with Crippen LogP contribution < -0.4 is 0 Å². The molecule has 2 heterocycles. The molecule has 0 aliphatic carbocycles. The van der Waals surface area contributed by atoms with Gasteiger partial charge in [0.15, 0.2) is 15.7 Å². The molecule has 0 unspecified atom stereocenters. The highest BCUT2D eigenvalue weighted by Crippen LogP contribution is 2.18. The van der Waals surface area contributed by atoms with Crippen LogP contribution >= 0.6 is 0 Å². The molecule has 0 fully saturated rings. The van der Waals surface area contributed by atoms with Crippen molar-refractivity contribution in [2.45, 2.75) is 4.90 Å². The van der Waals surface area contributed by atoms with Gasteiger partial charge in [-0.05, 0) is 24.3 Å². The van der Waals surface area contributed by atoms with E-state index in [2.05, 4.69) is 20.2 Å². The Balaban J connectivity index is 0.000000595. The van der Waals surface area contributed by atoms with Crippen molar-refractivity contribution in [1.82, 2.24) is 24.7 Å². The highest BCUT2D eigenvalue weighted by Gasteiger charge is 2.10. The first-order chi connectivity index (χ1) is 11.0. The number of nitrogens with one attached hydrogen (secondary N) is 1. The molecule has 0 saturated carbocycles. The average molecular weight is 335 g/mol. The van der Waals surface area contributed by atoms with Gasteiger partial charge in [0.05, 0.1) is 4.90 Å². The summed E-state index contributed by atoms with van der Waals surface area (Å²) in [6, 6.07) is 6.47. The largest absolute Gasteiger partial charge is 0.483 e. The highest BCUT2D eigenvalue weighted by molar-refractivity contribution is 7.90. The van der Waals surface area contributed by atoms with Crippen LogP contribution in [0.1, 0.15) is 0 Å². The molecule has 9 nitrogen and oxygen atoms in total. The minimum atomic E-state index is -3.19. The van der Waals surface area contributed by atoms with Gasteiger partial charge >= 0.3 is 0 Å². The van der Waals surface area contributed by atoms with Crippen LogP contribution in [0, 0.1) is 0 Å². The summed E-state index contributed by atoms with van der Waals surface area (Å²) in [6.45, 7) is -0.250. The molecule has 3 aromatic rings. The first kappa shape index (κ1) is 16.4.